The lowest BCUT2D eigenvalue weighted by Gasteiger charge is -2.47. The number of fused-ring (bicyclic) bond motifs is 1. The van der Waals surface area contributed by atoms with Gasteiger partial charge in [0.2, 0.25) is 0 Å². The molecule has 2 heterocycles. The Labute approximate surface area is 229 Å². The van der Waals surface area contributed by atoms with Gasteiger partial charge in [0.05, 0.1) is 16.1 Å². The summed E-state index contributed by atoms with van der Waals surface area (Å²) in [5.74, 6) is 0.168. The highest BCUT2D eigenvalue weighted by molar-refractivity contribution is 6.42. The van der Waals surface area contributed by atoms with Crippen molar-refractivity contribution >= 4 is 39.9 Å². The number of benzene rings is 3. The number of likely N-dealkylation sites (N-methyl/N-ethyl adjacent to an activating group) is 1. The van der Waals surface area contributed by atoms with Crippen molar-refractivity contribution in [1.82, 2.24) is 14.7 Å². The van der Waals surface area contributed by atoms with E-state index in [9.17, 15) is 9.90 Å². The number of halogens is 2. The van der Waals surface area contributed by atoms with Gasteiger partial charge in [0, 0.05) is 57.3 Å². The zero-order valence-corrected chi connectivity index (χ0v) is 22.8. The van der Waals surface area contributed by atoms with Crippen LogP contribution >= 0.6 is 23.2 Å². The number of likely N-dealkylation sites (tertiary alicyclic amines) is 2. The van der Waals surface area contributed by atoms with Crippen molar-refractivity contribution in [1.29, 1.82) is 0 Å². The molecule has 5 nitrogen and oxygen atoms in total. The second kappa shape index (κ2) is 11.7. The molecular weight excluding hydrogens is 505 g/mol. The van der Waals surface area contributed by atoms with E-state index in [2.05, 4.69) is 9.80 Å². The molecule has 3 aromatic carbocycles. The predicted octanol–water partition coefficient (Wildman–Crippen LogP) is 5.53. The number of aliphatic hydroxyl groups excluding tert-OH is 1. The summed E-state index contributed by atoms with van der Waals surface area (Å²) in [6, 6.07) is 20.3. The van der Waals surface area contributed by atoms with Gasteiger partial charge in [-0.15, -0.1) is 0 Å². The number of hydrogen-bond donors (Lipinski definition) is 1. The molecule has 0 aliphatic carbocycles. The number of aliphatic hydroxyl groups is 1. The predicted molar refractivity (Wildman–Crippen MR) is 152 cm³/mol. The van der Waals surface area contributed by atoms with Gasteiger partial charge in [0.25, 0.3) is 5.91 Å². The molecule has 37 heavy (non-hydrogen) atoms. The van der Waals surface area contributed by atoms with E-state index < -0.39 is 0 Å². The van der Waals surface area contributed by atoms with E-state index in [1.54, 1.807) is 0 Å². The number of carbonyl (C=O) groups excluding carboxylic acids is 1. The van der Waals surface area contributed by atoms with E-state index in [1.165, 1.54) is 0 Å². The number of amides is 1. The molecule has 2 aliphatic heterocycles. The molecular formula is C30H35Cl2N3O2. The van der Waals surface area contributed by atoms with E-state index >= 15 is 0 Å². The Morgan fingerprint density at radius 1 is 1.03 bits per heavy atom. The summed E-state index contributed by atoms with van der Waals surface area (Å²) in [6.07, 6.45) is 2.56. The fourth-order valence-electron chi connectivity index (χ4n) is 5.71. The van der Waals surface area contributed by atoms with Gasteiger partial charge in [-0.05, 0) is 60.3 Å². The third-order valence-corrected chi connectivity index (χ3v) is 8.76. The Hall–Kier alpha value is -2.15. The molecule has 1 atom stereocenters. The molecule has 0 radical (unpaired) electrons. The van der Waals surface area contributed by atoms with Crippen molar-refractivity contribution in [2.75, 3.05) is 46.3 Å². The Kier molecular flexibility index (Phi) is 8.37. The first-order valence-corrected chi connectivity index (χ1v) is 14.0. The van der Waals surface area contributed by atoms with Gasteiger partial charge >= 0.3 is 0 Å². The van der Waals surface area contributed by atoms with Gasteiger partial charge in [-0.1, -0.05) is 65.7 Å². The molecule has 0 bridgehead atoms. The molecule has 2 saturated heterocycles. The van der Waals surface area contributed by atoms with Crippen molar-refractivity contribution in [2.24, 2.45) is 0 Å². The van der Waals surface area contributed by atoms with Crippen molar-refractivity contribution in [3.05, 3.63) is 81.8 Å². The third-order valence-electron chi connectivity index (χ3n) is 8.02. The summed E-state index contributed by atoms with van der Waals surface area (Å²) in [7, 11) is 1.89. The largest absolute Gasteiger partial charge is 0.393 e. The average Bonchev–Trinajstić information content (AvgIpc) is 2.88. The first kappa shape index (κ1) is 26.5. The highest BCUT2D eigenvalue weighted by atomic mass is 35.5. The summed E-state index contributed by atoms with van der Waals surface area (Å²) < 4.78 is 0. The van der Waals surface area contributed by atoms with E-state index in [4.69, 9.17) is 23.2 Å². The van der Waals surface area contributed by atoms with Crippen LogP contribution in [-0.2, 0) is 0 Å². The maximum atomic E-state index is 13.5. The molecule has 2 fully saturated rings. The molecule has 2 aliphatic rings. The quantitative estimate of drug-likeness (QED) is 0.408. The van der Waals surface area contributed by atoms with Gasteiger partial charge < -0.3 is 14.9 Å². The van der Waals surface area contributed by atoms with E-state index in [0.717, 1.165) is 73.9 Å². The first-order valence-electron chi connectivity index (χ1n) is 13.2. The zero-order valence-electron chi connectivity index (χ0n) is 21.3. The Bertz CT molecular complexity index is 1230. The fraction of sp³-hybridized carbons (Fsp3) is 0.433. The van der Waals surface area contributed by atoms with E-state index in [0.29, 0.717) is 22.6 Å². The molecule has 3 aromatic rings. The van der Waals surface area contributed by atoms with Crippen molar-refractivity contribution in [3.63, 3.8) is 0 Å². The van der Waals surface area contributed by atoms with Crippen LogP contribution in [0.2, 0.25) is 10.0 Å². The van der Waals surface area contributed by atoms with E-state index in [-0.39, 0.29) is 17.9 Å². The van der Waals surface area contributed by atoms with Crippen LogP contribution in [0.1, 0.15) is 41.1 Å². The molecule has 1 N–H and O–H groups in total. The van der Waals surface area contributed by atoms with Crippen molar-refractivity contribution < 1.29 is 9.90 Å². The minimum atomic E-state index is -0.132. The maximum Gasteiger partial charge on any atom is 0.254 e. The SMILES string of the molecule is CN(C[C@@H](CCN1CC(N2CCC(O)CC2)C1)c1ccc(Cl)c(Cl)c1)C(=O)c1cccc2ccccc12. The normalized spacial score (nSPS) is 18.6. The van der Waals surface area contributed by atoms with Gasteiger partial charge in [0.15, 0.2) is 0 Å². The highest BCUT2D eigenvalue weighted by Gasteiger charge is 2.34. The number of hydrogen-bond acceptors (Lipinski definition) is 4. The molecule has 196 valence electrons. The van der Waals surface area contributed by atoms with Crippen LogP contribution in [0.3, 0.4) is 0 Å². The number of carbonyl (C=O) groups is 1. The monoisotopic (exact) mass is 539 g/mol. The lowest BCUT2D eigenvalue weighted by atomic mass is 9.93. The Morgan fingerprint density at radius 2 is 1.76 bits per heavy atom. The molecule has 5 rings (SSSR count). The van der Waals surface area contributed by atoms with Crippen LogP contribution in [0.15, 0.2) is 60.7 Å². The number of piperidine rings is 1. The summed E-state index contributed by atoms with van der Waals surface area (Å²) in [5.41, 5.74) is 1.83. The Morgan fingerprint density at radius 3 is 2.51 bits per heavy atom. The summed E-state index contributed by atoms with van der Waals surface area (Å²) in [6.45, 7) is 5.68. The minimum Gasteiger partial charge on any atom is -0.393 e. The van der Waals surface area contributed by atoms with Crippen LogP contribution < -0.4 is 0 Å². The zero-order chi connectivity index (χ0) is 25.9. The minimum absolute atomic E-state index is 0.0261. The number of rotatable bonds is 8. The Balaban J connectivity index is 1.25. The highest BCUT2D eigenvalue weighted by Crippen LogP contribution is 2.30. The smallest absolute Gasteiger partial charge is 0.254 e. The summed E-state index contributed by atoms with van der Waals surface area (Å²) in [5, 5.41) is 12.9. The molecule has 0 saturated carbocycles. The lowest BCUT2D eigenvalue weighted by Crippen LogP contribution is -2.61. The fourth-order valence-corrected chi connectivity index (χ4v) is 6.01. The lowest BCUT2D eigenvalue weighted by molar-refractivity contribution is -0.00542. The van der Waals surface area contributed by atoms with Crippen LogP contribution in [0.25, 0.3) is 10.8 Å². The first-order chi connectivity index (χ1) is 17.9. The average molecular weight is 541 g/mol. The molecule has 7 heteroatoms. The molecule has 0 spiro atoms. The molecule has 1 amide bonds. The van der Waals surface area contributed by atoms with Gasteiger partial charge in [-0.25, -0.2) is 0 Å². The van der Waals surface area contributed by atoms with Gasteiger partial charge in [-0.2, -0.15) is 0 Å². The van der Waals surface area contributed by atoms with Crippen LogP contribution in [0.4, 0.5) is 0 Å². The summed E-state index contributed by atoms with van der Waals surface area (Å²) in [4.78, 5) is 20.4. The van der Waals surface area contributed by atoms with Crippen LogP contribution in [0.5, 0.6) is 0 Å². The van der Waals surface area contributed by atoms with Gasteiger partial charge in [-0.3, -0.25) is 9.69 Å². The second-order valence-corrected chi connectivity index (χ2v) is 11.4. The maximum absolute atomic E-state index is 13.5. The van der Waals surface area contributed by atoms with Crippen LogP contribution in [0, 0.1) is 0 Å². The van der Waals surface area contributed by atoms with Gasteiger partial charge in [0.1, 0.15) is 0 Å². The topological polar surface area (TPSA) is 47.0 Å². The molecule has 0 aromatic heterocycles. The standard InChI is InChI=1S/C30H35Cl2N3O2/c1-33(30(37)27-8-4-6-21-5-2-3-7-26(21)27)18-23(22-9-10-28(31)29(32)17-22)11-14-34-19-24(20-34)35-15-12-25(36)13-16-35/h2-10,17,23-25,36H,11-16,18-20H2,1H3/t23-/m1/s1. The molecule has 0 unspecified atom stereocenters. The van der Waals surface area contributed by atoms with E-state index in [1.807, 2.05) is 72.6 Å². The third kappa shape index (κ3) is 6.13. The number of nitrogens with zero attached hydrogens (tertiary/aromatic N) is 3. The second-order valence-electron chi connectivity index (χ2n) is 10.6. The van der Waals surface area contributed by atoms with Crippen LogP contribution in [-0.4, -0.2) is 84.2 Å². The van der Waals surface area contributed by atoms with Crippen molar-refractivity contribution in [3.8, 4) is 0 Å². The summed E-state index contributed by atoms with van der Waals surface area (Å²) >= 11 is 12.6. The van der Waals surface area contributed by atoms with Crippen molar-refractivity contribution in [2.45, 2.75) is 37.3 Å².